The first-order valence-electron chi connectivity index (χ1n) is 12.2. The van der Waals surface area contributed by atoms with Crippen LogP contribution in [0.2, 0.25) is 0 Å². The van der Waals surface area contributed by atoms with Crippen LogP contribution >= 0.6 is 0 Å². The van der Waals surface area contributed by atoms with Crippen molar-refractivity contribution in [2.24, 2.45) is 0 Å². The summed E-state index contributed by atoms with van der Waals surface area (Å²) in [4.78, 5) is 38.7. The van der Waals surface area contributed by atoms with Gasteiger partial charge in [0, 0.05) is 25.7 Å². The van der Waals surface area contributed by atoms with E-state index in [4.69, 9.17) is 4.74 Å². The smallest absolute Gasteiger partial charge is 0.419 e. The number of aryl methyl sites for hydroxylation is 1. The summed E-state index contributed by atoms with van der Waals surface area (Å²) >= 11 is 0. The molecule has 0 spiro atoms. The first kappa shape index (κ1) is 27.1. The molecule has 38 heavy (non-hydrogen) atoms. The first-order chi connectivity index (χ1) is 18.1. The molecule has 2 N–H and O–H groups in total. The summed E-state index contributed by atoms with van der Waals surface area (Å²) in [7, 11) is -3.92. The molecule has 10 nitrogen and oxygen atoms in total. The number of sulfonamides is 1. The average Bonchev–Trinajstić information content (AvgIpc) is 3.41. The molecule has 1 saturated heterocycles. The Morgan fingerprint density at radius 1 is 1.08 bits per heavy atom. The van der Waals surface area contributed by atoms with Crippen molar-refractivity contribution in [3.8, 4) is 5.75 Å². The molecule has 200 valence electrons. The summed E-state index contributed by atoms with van der Waals surface area (Å²) in [6.45, 7) is 2.42. The third-order valence-electron chi connectivity index (χ3n) is 6.37. The van der Waals surface area contributed by atoms with Crippen molar-refractivity contribution in [1.82, 2.24) is 14.5 Å². The largest absolute Gasteiger partial charge is 0.480 e. The zero-order valence-electron chi connectivity index (χ0n) is 20.8. The van der Waals surface area contributed by atoms with Gasteiger partial charge in [-0.3, -0.25) is 9.69 Å². The molecule has 2 aliphatic rings. The molecule has 4 rings (SSSR count). The van der Waals surface area contributed by atoms with Gasteiger partial charge in [0.25, 0.3) is 0 Å². The van der Waals surface area contributed by atoms with Crippen molar-refractivity contribution in [3.05, 3.63) is 84.1 Å². The summed E-state index contributed by atoms with van der Waals surface area (Å²) in [6.07, 6.45) is 7.17. The van der Waals surface area contributed by atoms with Gasteiger partial charge in [-0.1, -0.05) is 42.0 Å². The number of carboxylic acid groups (broad SMARTS) is 1. The number of rotatable bonds is 8. The maximum Gasteiger partial charge on any atom is 0.419 e. The number of ether oxygens (including phenoxy) is 1. The van der Waals surface area contributed by atoms with E-state index in [2.05, 4.69) is 5.32 Å². The SMILES string of the molecule is Cc1ccc(S(=O)(=O)N2CCC[C@H]2C(=O)N[C@@H](Cc2ccc(OC(=O)N3C=CC=CC3)cc2)C(=O)O)cc1. The number of aliphatic carboxylic acids is 1. The Morgan fingerprint density at radius 2 is 1.79 bits per heavy atom. The third kappa shape index (κ3) is 6.29. The van der Waals surface area contributed by atoms with Crippen LogP contribution < -0.4 is 10.1 Å². The molecule has 2 heterocycles. The number of carboxylic acids is 1. The minimum absolute atomic E-state index is 0.0353. The number of allylic oxidation sites excluding steroid dienone is 2. The molecule has 2 aromatic carbocycles. The summed E-state index contributed by atoms with van der Waals surface area (Å²) in [5.41, 5.74) is 1.50. The van der Waals surface area contributed by atoms with Crippen molar-refractivity contribution in [2.45, 2.75) is 43.2 Å². The van der Waals surface area contributed by atoms with Crippen LogP contribution in [-0.4, -0.2) is 65.9 Å². The lowest BCUT2D eigenvalue weighted by molar-refractivity contribution is -0.142. The lowest BCUT2D eigenvalue weighted by Crippen LogP contribution is -2.51. The monoisotopic (exact) mass is 539 g/mol. The molecule has 2 aliphatic heterocycles. The number of hydrogen-bond acceptors (Lipinski definition) is 6. The van der Waals surface area contributed by atoms with E-state index < -0.39 is 40.1 Å². The second kappa shape index (κ2) is 11.6. The van der Waals surface area contributed by atoms with Crippen LogP contribution in [0.25, 0.3) is 0 Å². The molecule has 11 heteroatoms. The first-order valence-corrected chi connectivity index (χ1v) is 13.6. The van der Waals surface area contributed by atoms with Crippen molar-refractivity contribution < 1.29 is 32.6 Å². The van der Waals surface area contributed by atoms with Crippen LogP contribution in [0.3, 0.4) is 0 Å². The number of benzene rings is 2. The highest BCUT2D eigenvalue weighted by atomic mass is 32.2. The highest BCUT2D eigenvalue weighted by molar-refractivity contribution is 7.89. The molecular weight excluding hydrogens is 510 g/mol. The fraction of sp³-hybridized carbons (Fsp3) is 0.296. The number of amides is 2. The Bertz CT molecular complexity index is 1350. The average molecular weight is 540 g/mol. The van der Waals surface area contributed by atoms with Gasteiger partial charge < -0.3 is 15.2 Å². The predicted octanol–water partition coefficient (Wildman–Crippen LogP) is 2.84. The fourth-order valence-corrected chi connectivity index (χ4v) is 5.95. The topological polar surface area (TPSA) is 133 Å². The molecule has 0 aliphatic carbocycles. The maximum absolute atomic E-state index is 13.2. The van der Waals surface area contributed by atoms with Crippen LogP contribution in [0.5, 0.6) is 5.75 Å². The molecular formula is C27H29N3O7S. The highest BCUT2D eigenvalue weighted by Crippen LogP contribution is 2.27. The van der Waals surface area contributed by atoms with E-state index in [-0.39, 0.29) is 17.9 Å². The quantitative estimate of drug-likeness (QED) is 0.527. The number of carbonyl (C=O) groups excluding carboxylic acids is 2. The van der Waals surface area contributed by atoms with Gasteiger partial charge in [-0.2, -0.15) is 4.31 Å². The third-order valence-corrected chi connectivity index (χ3v) is 8.29. The summed E-state index contributed by atoms with van der Waals surface area (Å²) < 4.78 is 32.8. The van der Waals surface area contributed by atoms with E-state index in [0.717, 1.165) is 9.87 Å². The second-order valence-electron chi connectivity index (χ2n) is 9.12. The van der Waals surface area contributed by atoms with Crippen LogP contribution in [0.15, 0.2) is 77.9 Å². The van der Waals surface area contributed by atoms with E-state index >= 15 is 0 Å². The molecule has 2 amide bonds. The maximum atomic E-state index is 13.2. The van der Waals surface area contributed by atoms with Gasteiger partial charge >= 0.3 is 12.1 Å². The van der Waals surface area contributed by atoms with Crippen molar-refractivity contribution in [3.63, 3.8) is 0 Å². The van der Waals surface area contributed by atoms with Crippen LogP contribution in [0, 0.1) is 6.92 Å². The minimum Gasteiger partial charge on any atom is -0.480 e. The second-order valence-corrected chi connectivity index (χ2v) is 11.0. The number of hydrogen-bond donors (Lipinski definition) is 2. The molecule has 1 fully saturated rings. The van der Waals surface area contributed by atoms with Crippen LogP contribution in [0.4, 0.5) is 4.79 Å². The Labute approximate surface area is 221 Å². The Morgan fingerprint density at radius 3 is 2.42 bits per heavy atom. The molecule has 0 aromatic heterocycles. The van der Waals surface area contributed by atoms with Gasteiger partial charge in [0.15, 0.2) is 0 Å². The Hall–Kier alpha value is -3.96. The van der Waals surface area contributed by atoms with Crippen LogP contribution in [0.1, 0.15) is 24.0 Å². The number of nitrogens with zero attached hydrogens (tertiary/aromatic N) is 2. The molecule has 2 aromatic rings. The van der Waals surface area contributed by atoms with E-state index in [0.29, 0.717) is 30.7 Å². The number of carbonyl (C=O) groups is 3. The van der Waals surface area contributed by atoms with E-state index in [1.165, 1.54) is 17.0 Å². The lowest BCUT2D eigenvalue weighted by Gasteiger charge is -2.25. The molecule has 2 atom stereocenters. The lowest BCUT2D eigenvalue weighted by atomic mass is 10.1. The van der Waals surface area contributed by atoms with Gasteiger partial charge in [0.1, 0.15) is 17.8 Å². The fourth-order valence-electron chi connectivity index (χ4n) is 4.30. The van der Waals surface area contributed by atoms with Gasteiger partial charge in [0.05, 0.1) is 4.90 Å². The molecule has 0 radical (unpaired) electrons. The Balaban J connectivity index is 1.39. The van der Waals surface area contributed by atoms with Crippen LogP contribution in [-0.2, 0) is 26.0 Å². The molecule has 0 saturated carbocycles. The minimum atomic E-state index is -3.92. The predicted molar refractivity (Wildman–Crippen MR) is 139 cm³/mol. The summed E-state index contributed by atoms with van der Waals surface area (Å²) in [6, 6.07) is 10.4. The molecule has 0 unspecified atom stereocenters. The van der Waals surface area contributed by atoms with E-state index in [1.807, 2.05) is 19.1 Å². The standard InChI is InChI=1S/C27H29N3O7S/c1-19-7-13-22(14-8-19)38(35,36)30-17-5-6-24(30)25(31)28-23(26(32)33)18-20-9-11-21(12-10-20)37-27(34)29-15-3-2-4-16-29/h2-4,7-15,23-24H,5-6,16-18H2,1H3,(H,28,31)(H,32,33)/t23-,24-/m0/s1. The van der Waals surface area contributed by atoms with E-state index in [1.54, 1.807) is 48.7 Å². The summed E-state index contributed by atoms with van der Waals surface area (Å²) in [5.74, 6) is -1.61. The normalized spacial score (nSPS) is 18.2. The number of nitrogens with one attached hydrogen (secondary N) is 1. The van der Waals surface area contributed by atoms with Crippen molar-refractivity contribution in [1.29, 1.82) is 0 Å². The van der Waals surface area contributed by atoms with Crippen molar-refractivity contribution in [2.75, 3.05) is 13.1 Å². The van der Waals surface area contributed by atoms with Gasteiger partial charge in [-0.15, -0.1) is 0 Å². The molecule has 0 bridgehead atoms. The van der Waals surface area contributed by atoms with Gasteiger partial charge in [-0.25, -0.2) is 18.0 Å². The van der Waals surface area contributed by atoms with Crippen molar-refractivity contribution >= 4 is 28.0 Å². The zero-order chi connectivity index (χ0) is 27.3. The van der Waals surface area contributed by atoms with Gasteiger partial charge in [-0.05, 0) is 55.7 Å². The summed E-state index contributed by atoms with van der Waals surface area (Å²) in [5, 5.41) is 12.2. The van der Waals surface area contributed by atoms with Gasteiger partial charge in [0.2, 0.25) is 15.9 Å². The van der Waals surface area contributed by atoms with E-state index in [9.17, 15) is 27.9 Å². The Kier molecular flexibility index (Phi) is 8.28. The zero-order valence-corrected chi connectivity index (χ0v) is 21.6. The highest BCUT2D eigenvalue weighted by Gasteiger charge is 2.40.